The minimum absolute atomic E-state index is 0.0380. The molecule has 3 N–H and O–H groups in total. The van der Waals surface area contributed by atoms with Gasteiger partial charge in [-0.3, -0.25) is 9.59 Å². The van der Waals surface area contributed by atoms with E-state index in [1.165, 1.54) is 0 Å². The Labute approximate surface area is 89.6 Å². The van der Waals surface area contributed by atoms with Crippen LogP contribution in [0.5, 0.6) is 0 Å². The number of carboxylic acids is 1. The fraction of sp³-hybridized carbons (Fsp3) is 0.600. The van der Waals surface area contributed by atoms with Gasteiger partial charge in [0.15, 0.2) is 0 Å². The number of hydrogen-bond acceptors (Lipinski definition) is 3. The molecule has 0 rings (SSSR count). The van der Waals surface area contributed by atoms with Crippen LogP contribution in [0.2, 0.25) is 0 Å². The van der Waals surface area contributed by atoms with Gasteiger partial charge in [-0.2, -0.15) is 0 Å². The predicted octanol–water partition coefficient (Wildman–Crippen LogP) is 0.131. The van der Waals surface area contributed by atoms with Crippen molar-refractivity contribution in [2.75, 3.05) is 13.1 Å². The van der Waals surface area contributed by atoms with E-state index >= 15 is 0 Å². The summed E-state index contributed by atoms with van der Waals surface area (Å²) in [6, 6.07) is -0.291. The van der Waals surface area contributed by atoms with Crippen LogP contribution in [0.15, 0.2) is 12.7 Å². The van der Waals surface area contributed by atoms with Gasteiger partial charge in [-0.25, -0.2) is 0 Å². The molecule has 0 aromatic rings. The molecule has 0 saturated carbocycles. The number of carboxylic acid groups (broad SMARTS) is 1. The average Bonchev–Trinajstić information content (AvgIpc) is 2.16. The Kier molecular flexibility index (Phi) is 7.27. The second-order valence-corrected chi connectivity index (χ2v) is 3.19. The lowest BCUT2D eigenvalue weighted by molar-refractivity contribution is -0.137. The van der Waals surface area contributed by atoms with Gasteiger partial charge in [0.2, 0.25) is 5.91 Å². The number of rotatable bonds is 8. The molecule has 0 fully saturated rings. The number of aliphatic carboxylic acids is 1. The number of carbonyl (C=O) groups excluding carboxylic acids is 1. The molecule has 0 aromatic heterocycles. The zero-order valence-corrected chi connectivity index (χ0v) is 8.95. The van der Waals surface area contributed by atoms with Gasteiger partial charge in [-0.15, -0.1) is 6.58 Å². The smallest absolute Gasteiger partial charge is 0.305 e. The third-order valence-corrected chi connectivity index (χ3v) is 1.85. The largest absolute Gasteiger partial charge is 0.481 e. The first kappa shape index (κ1) is 13.6. The lowest BCUT2D eigenvalue weighted by atomic mass is 10.1. The molecule has 1 atom stereocenters. The first-order chi connectivity index (χ1) is 7.10. The van der Waals surface area contributed by atoms with Crippen molar-refractivity contribution in [3.05, 3.63) is 12.7 Å². The van der Waals surface area contributed by atoms with E-state index in [2.05, 4.69) is 17.2 Å². The summed E-state index contributed by atoms with van der Waals surface area (Å²) in [5, 5.41) is 14.0. The molecule has 0 radical (unpaired) electrons. The van der Waals surface area contributed by atoms with Crippen molar-refractivity contribution in [1.82, 2.24) is 10.6 Å². The van der Waals surface area contributed by atoms with Crippen molar-refractivity contribution in [3.8, 4) is 0 Å². The Hall–Kier alpha value is -1.36. The van der Waals surface area contributed by atoms with Crippen LogP contribution in [0.1, 0.15) is 19.8 Å². The van der Waals surface area contributed by atoms with Gasteiger partial charge in [-0.1, -0.05) is 13.0 Å². The van der Waals surface area contributed by atoms with Crippen LogP contribution in [0, 0.1) is 0 Å². The molecule has 0 saturated heterocycles. The van der Waals surface area contributed by atoms with E-state index in [-0.39, 0.29) is 24.9 Å². The first-order valence-electron chi connectivity index (χ1n) is 4.92. The van der Waals surface area contributed by atoms with Crippen LogP contribution in [-0.4, -0.2) is 36.1 Å². The standard InChI is InChI=1S/C10H18N2O3/c1-3-5-11-7-9(13)12-8(4-2)6-10(14)15/h3,8,11H,1,4-7H2,2H3,(H,12,13)(H,14,15). The number of hydrogen-bond donors (Lipinski definition) is 3. The van der Waals surface area contributed by atoms with Gasteiger partial charge in [0.05, 0.1) is 13.0 Å². The quantitative estimate of drug-likeness (QED) is 0.396. The van der Waals surface area contributed by atoms with Crippen molar-refractivity contribution in [2.24, 2.45) is 0 Å². The SMILES string of the molecule is C=CCNCC(=O)NC(CC)CC(=O)O. The number of nitrogens with one attached hydrogen (secondary N) is 2. The van der Waals surface area contributed by atoms with Crippen molar-refractivity contribution in [2.45, 2.75) is 25.8 Å². The summed E-state index contributed by atoms with van der Waals surface area (Å²) < 4.78 is 0. The lowest BCUT2D eigenvalue weighted by Crippen LogP contribution is -2.41. The number of carbonyl (C=O) groups is 2. The topological polar surface area (TPSA) is 78.4 Å². The monoisotopic (exact) mass is 214 g/mol. The van der Waals surface area contributed by atoms with E-state index < -0.39 is 5.97 Å². The molecule has 0 aromatic carbocycles. The van der Waals surface area contributed by atoms with Gasteiger partial charge < -0.3 is 15.7 Å². The van der Waals surface area contributed by atoms with E-state index in [0.717, 1.165) is 0 Å². The molecule has 0 heterocycles. The highest BCUT2D eigenvalue weighted by Crippen LogP contribution is 1.96. The Bertz CT molecular complexity index is 229. The van der Waals surface area contributed by atoms with Gasteiger partial charge >= 0.3 is 5.97 Å². The fourth-order valence-corrected chi connectivity index (χ4v) is 1.07. The maximum atomic E-state index is 11.3. The molecular weight excluding hydrogens is 196 g/mol. The molecule has 1 amide bonds. The molecule has 5 heteroatoms. The van der Waals surface area contributed by atoms with Crippen molar-refractivity contribution < 1.29 is 14.7 Å². The maximum absolute atomic E-state index is 11.3. The highest BCUT2D eigenvalue weighted by atomic mass is 16.4. The Morgan fingerprint density at radius 1 is 1.53 bits per heavy atom. The van der Waals surface area contributed by atoms with Crippen molar-refractivity contribution in [1.29, 1.82) is 0 Å². The molecule has 0 bridgehead atoms. The van der Waals surface area contributed by atoms with Crippen LogP contribution in [-0.2, 0) is 9.59 Å². The normalized spacial score (nSPS) is 11.8. The maximum Gasteiger partial charge on any atom is 0.305 e. The average molecular weight is 214 g/mol. The van der Waals surface area contributed by atoms with Gasteiger partial charge in [-0.05, 0) is 6.42 Å². The fourth-order valence-electron chi connectivity index (χ4n) is 1.07. The third kappa shape index (κ3) is 7.69. The van der Waals surface area contributed by atoms with E-state index in [1.807, 2.05) is 6.92 Å². The minimum Gasteiger partial charge on any atom is -0.481 e. The molecule has 0 spiro atoms. The van der Waals surface area contributed by atoms with Gasteiger partial charge in [0.25, 0.3) is 0 Å². The van der Waals surface area contributed by atoms with E-state index in [0.29, 0.717) is 13.0 Å². The van der Waals surface area contributed by atoms with Crippen molar-refractivity contribution in [3.63, 3.8) is 0 Å². The Morgan fingerprint density at radius 3 is 2.67 bits per heavy atom. The Morgan fingerprint density at radius 2 is 2.20 bits per heavy atom. The molecule has 0 aliphatic carbocycles. The van der Waals surface area contributed by atoms with Crippen LogP contribution in [0.25, 0.3) is 0 Å². The third-order valence-electron chi connectivity index (χ3n) is 1.85. The second kappa shape index (κ2) is 7.99. The van der Waals surface area contributed by atoms with Gasteiger partial charge in [0.1, 0.15) is 0 Å². The second-order valence-electron chi connectivity index (χ2n) is 3.19. The zero-order chi connectivity index (χ0) is 11.7. The van der Waals surface area contributed by atoms with Crippen LogP contribution < -0.4 is 10.6 Å². The first-order valence-corrected chi connectivity index (χ1v) is 4.92. The van der Waals surface area contributed by atoms with Crippen LogP contribution in [0.4, 0.5) is 0 Å². The van der Waals surface area contributed by atoms with Crippen molar-refractivity contribution >= 4 is 11.9 Å². The molecule has 5 nitrogen and oxygen atoms in total. The summed E-state index contributed by atoms with van der Waals surface area (Å²) in [6.07, 6.45) is 2.23. The van der Waals surface area contributed by atoms with E-state index in [1.54, 1.807) is 6.08 Å². The summed E-state index contributed by atoms with van der Waals surface area (Å²) in [4.78, 5) is 21.7. The summed E-state index contributed by atoms with van der Waals surface area (Å²) in [6.45, 7) is 6.08. The Balaban J connectivity index is 3.79. The highest BCUT2D eigenvalue weighted by molar-refractivity contribution is 5.79. The lowest BCUT2D eigenvalue weighted by Gasteiger charge is -2.14. The molecule has 15 heavy (non-hydrogen) atoms. The molecule has 0 aliphatic rings. The zero-order valence-electron chi connectivity index (χ0n) is 8.95. The van der Waals surface area contributed by atoms with E-state index in [9.17, 15) is 9.59 Å². The predicted molar refractivity (Wildman–Crippen MR) is 57.5 cm³/mol. The molecule has 0 aliphatic heterocycles. The molecular formula is C10H18N2O3. The van der Waals surface area contributed by atoms with E-state index in [4.69, 9.17) is 5.11 Å². The summed E-state index contributed by atoms with van der Waals surface area (Å²) >= 11 is 0. The molecule has 1 unspecified atom stereocenters. The summed E-state index contributed by atoms with van der Waals surface area (Å²) in [5.41, 5.74) is 0. The number of amides is 1. The summed E-state index contributed by atoms with van der Waals surface area (Å²) in [5.74, 6) is -1.09. The highest BCUT2D eigenvalue weighted by Gasteiger charge is 2.13. The molecule has 86 valence electrons. The van der Waals surface area contributed by atoms with Crippen LogP contribution >= 0.6 is 0 Å². The van der Waals surface area contributed by atoms with Gasteiger partial charge in [0, 0.05) is 12.6 Å². The van der Waals surface area contributed by atoms with Crippen LogP contribution in [0.3, 0.4) is 0 Å². The minimum atomic E-state index is -0.902. The summed E-state index contributed by atoms with van der Waals surface area (Å²) in [7, 11) is 0.